The van der Waals surface area contributed by atoms with Gasteiger partial charge in [-0.3, -0.25) is 13.9 Å². The number of hydrogen-bond donors (Lipinski definition) is 1. The maximum atomic E-state index is 13.4. The van der Waals surface area contributed by atoms with E-state index in [4.69, 9.17) is 11.6 Å². The van der Waals surface area contributed by atoms with E-state index in [2.05, 4.69) is 21.2 Å². The van der Waals surface area contributed by atoms with E-state index in [-0.39, 0.29) is 24.2 Å². The topological polar surface area (TPSA) is 86.8 Å². The van der Waals surface area contributed by atoms with Gasteiger partial charge in [0.1, 0.15) is 12.6 Å². The molecule has 0 radical (unpaired) electrons. The molecular weight excluding hydrogens is 530 g/mol. The lowest BCUT2D eigenvalue weighted by atomic mass is 10.1. The van der Waals surface area contributed by atoms with Gasteiger partial charge in [0.05, 0.1) is 11.9 Å². The minimum atomic E-state index is -3.80. The second-order valence-electron chi connectivity index (χ2n) is 8.19. The number of hydrogen-bond acceptors (Lipinski definition) is 4. The number of carbonyl (C=O) groups excluding carboxylic acids is 2. The number of nitrogens with one attached hydrogen (secondary N) is 1. The normalized spacial score (nSPS) is 12.4. The summed E-state index contributed by atoms with van der Waals surface area (Å²) in [6.07, 6.45) is 1.03. The van der Waals surface area contributed by atoms with Crippen LogP contribution in [0.15, 0.2) is 46.9 Å². The molecule has 2 rings (SSSR count). The molecule has 0 heterocycles. The highest BCUT2D eigenvalue weighted by Gasteiger charge is 2.30. The minimum absolute atomic E-state index is 0.106. The zero-order valence-corrected chi connectivity index (χ0v) is 22.5. The van der Waals surface area contributed by atoms with Crippen LogP contribution in [0.4, 0.5) is 5.69 Å². The largest absolute Gasteiger partial charge is 0.352 e. The molecule has 0 fully saturated rings. The Labute approximate surface area is 209 Å². The molecule has 0 spiro atoms. The Morgan fingerprint density at radius 3 is 2.33 bits per heavy atom. The number of benzene rings is 2. The first-order valence-corrected chi connectivity index (χ1v) is 13.4. The van der Waals surface area contributed by atoms with E-state index in [1.54, 1.807) is 26.0 Å². The molecule has 0 aliphatic rings. The van der Waals surface area contributed by atoms with Crippen molar-refractivity contribution >= 4 is 55.1 Å². The summed E-state index contributed by atoms with van der Waals surface area (Å²) < 4.78 is 27.0. The second-order valence-corrected chi connectivity index (χ2v) is 11.4. The summed E-state index contributed by atoms with van der Waals surface area (Å²) in [6.45, 7) is 6.76. The van der Waals surface area contributed by atoms with Crippen LogP contribution in [0.1, 0.15) is 31.9 Å². The molecule has 0 saturated carbocycles. The third-order valence-electron chi connectivity index (χ3n) is 4.96. The van der Waals surface area contributed by atoms with E-state index in [0.29, 0.717) is 5.02 Å². The average Bonchev–Trinajstić information content (AvgIpc) is 2.70. The Balaban J connectivity index is 2.41. The Morgan fingerprint density at radius 1 is 1.12 bits per heavy atom. The monoisotopic (exact) mass is 557 g/mol. The SMILES string of the molecule is Cc1ccc(N(CC(=O)N(Cc2cccc(Br)c2)C(C)C(=O)NC(C)C)S(C)(=O)=O)cc1Cl. The van der Waals surface area contributed by atoms with Gasteiger partial charge in [0.25, 0.3) is 0 Å². The van der Waals surface area contributed by atoms with Gasteiger partial charge < -0.3 is 10.2 Å². The molecule has 33 heavy (non-hydrogen) atoms. The van der Waals surface area contributed by atoms with E-state index >= 15 is 0 Å². The maximum Gasteiger partial charge on any atom is 0.244 e. The lowest BCUT2D eigenvalue weighted by Crippen LogP contribution is -2.52. The molecular formula is C23H29BrClN3O4S. The van der Waals surface area contributed by atoms with Crippen LogP contribution in [0.2, 0.25) is 5.02 Å². The number of sulfonamides is 1. The van der Waals surface area contributed by atoms with Crippen molar-refractivity contribution in [3.05, 3.63) is 63.1 Å². The molecule has 0 aromatic heterocycles. The fourth-order valence-corrected chi connectivity index (χ4v) is 4.63. The van der Waals surface area contributed by atoms with Crippen LogP contribution in [-0.2, 0) is 26.2 Å². The van der Waals surface area contributed by atoms with Crippen LogP contribution in [0, 0.1) is 6.92 Å². The molecule has 0 aliphatic heterocycles. The van der Waals surface area contributed by atoms with Gasteiger partial charge >= 0.3 is 0 Å². The molecule has 0 aliphatic carbocycles. The molecule has 2 aromatic carbocycles. The summed E-state index contributed by atoms with van der Waals surface area (Å²) in [6, 6.07) is 11.3. The zero-order valence-electron chi connectivity index (χ0n) is 19.3. The molecule has 10 heteroatoms. The van der Waals surface area contributed by atoms with Gasteiger partial charge in [0.15, 0.2) is 0 Å². The first-order chi connectivity index (χ1) is 15.3. The van der Waals surface area contributed by atoms with Crippen LogP contribution in [-0.4, -0.2) is 50.0 Å². The Kier molecular flexibility index (Phi) is 9.34. The number of carbonyl (C=O) groups is 2. The highest BCUT2D eigenvalue weighted by Crippen LogP contribution is 2.25. The first kappa shape index (κ1) is 27.1. The Bertz CT molecular complexity index is 1120. The Morgan fingerprint density at radius 2 is 1.79 bits per heavy atom. The van der Waals surface area contributed by atoms with Crippen LogP contribution in [0.25, 0.3) is 0 Å². The predicted octanol–water partition coefficient (Wildman–Crippen LogP) is 4.12. The van der Waals surface area contributed by atoms with Crippen molar-refractivity contribution in [2.45, 2.75) is 46.3 Å². The number of anilines is 1. The standard InChI is InChI=1S/C23H29BrClN3O4S/c1-15(2)26-23(30)17(4)27(13-18-7-6-8-19(24)11-18)22(29)14-28(33(5,31)32)20-10-9-16(3)21(25)12-20/h6-12,15,17H,13-14H2,1-5H3,(H,26,30). The van der Waals surface area contributed by atoms with E-state index in [0.717, 1.165) is 26.2 Å². The molecule has 2 aromatic rings. The Hall–Kier alpha value is -2.10. The first-order valence-electron chi connectivity index (χ1n) is 10.4. The lowest BCUT2D eigenvalue weighted by molar-refractivity contribution is -0.139. The average molecular weight is 559 g/mol. The van der Waals surface area contributed by atoms with Crippen molar-refractivity contribution in [3.63, 3.8) is 0 Å². The summed E-state index contributed by atoms with van der Waals surface area (Å²) in [5.41, 5.74) is 1.87. The van der Waals surface area contributed by atoms with E-state index < -0.39 is 28.5 Å². The van der Waals surface area contributed by atoms with Crippen LogP contribution >= 0.6 is 27.5 Å². The smallest absolute Gasteiger partial charge is 0.244 e. The molecule has 0 saturated heterocycles. The van der Waals surface area contributed by atoms with Gasteiger partial charge in [-0.2, -0.15) is 0 Å². The van der Waals surface area contributed by atoms with Crippen molar-refractivity contribution in [2.24, 2.45) is 0 Å². The summed E-state index contributed by atoms with van der Waals surface area (Å²) in [4.78, 5) is 27.6. The third-order valence-corrected chi connectivity index (χ3v) is 7.00. The number of aryl methyl sites for hydroxylation is 1. The highest BCUT2D eigenvalue weighted by molar-refractivity contribution is 9.10. The van der Waals surface area contributed by atoms with Crippen LogP contribution in [0.5, 0.6) is 0 Å². The van der Waals surface area contributed by atoms with E-state index in [9.17, 15) is 18.0 Å². The minimum Gasteiger partial charge on any atom is -0.352 e. The molecule has 1 unspecified atom stereocenters. The summed E-state index contributed by atoms with van der Waals surface area (Å²) in [5.74, 6) is -0.832. The molecule has 1 atom stereocenters. The molecule has 180 valence electrons. The van der Waals surface area contributed by atoms with Crippen molar-refractivity contribution in [3.8, 4) is 0 Å². The van der Waals surface area contributed by atoms with Gasteiger partial charge in [-0.1, -0.05) is 45.7 Å². The van der Waals surface area contributed by atoms with E-state index in [1.807, 2.05) is 38.1 Å². The van der Waals surface area contributed by atoms with Gasteiger partial charge in [0.2, 0.25) is 21.8 Å². The predicted molar refractivity (Wildman–Crippen MR) is 136 cm³/mol. The van der Waals surface area contributed by atoms with Gasteiger partial charge in [-0.15, -0.1) is 0 Å². The van der Waals surface area contributed by atoms with Gasteiger partial charge in [0, 0.05) is 22.1 Å². The lowest BCUT2D eigenvalue weighted by Gasteiger charge is -2.32. The third kappa shape index (κ3) is 7.72. The van der Waals surface area contributed by atoms with Gasteiger partial charge in [-0.25, -0.2) is 8.42 Å². The highest BCUT2D eigenvalue weighted by atomic mass is 79.9. The molecule has 2 amide bonds. The van der Waals surface area contributed by atoms with Crippen molar-refractivity contribution in [1.29, 1.82) is 0 Å². The number of nitrogens with zero attached hydrogens (tertiary/aromatic N) is 2. The number of rotatable bonds is 9. The molecule has 0 bridgehead atoms. The number of amides is 2. The second kappa shape index (κ2) is 11.4. The van der Waals surface area contributed by atoms with Crippen LogP contribution in [0.3, 0.4) is 0 Å². The van der Waals surface area contributed by atoms with E-state index in [1.165, 1.54) is 11.0 Å². The summed E-state index contributed by atoms with van der Waals surface area (Å²) >= 11 is 9.61. The quantitative estimate of drug-likeness (QED) is 0.502. The van der Waals surface area contributed by atoms with Crippen molar-refractivity contribution in [2.75, 3.05) is 17.1 Å². The maximum absolute atomic E-state index is 13.4. The van der Waals surface area contributed by atoms with Crippen molar-refractivity contribution in [1.82, 2.24) is 10.2 Å². The molecule has 1 N–H and O–H groups in total. The number of halogens is 2. The fraction of sp³-hybridized carbons (Fsp3) is 0.391. The van der Waals surface area contributed by atoms with Crippen LogP contribution < -0.4 is 9.62 Å². The summed E-state index contributed by atoms with van der Waals surface area (Å²) in [7, 11) is -3.80. The zero-order chi connectivity index (χ0) is 24.9. The fourth-order valence-electron chi connectivity index (χ4n) is 3.17. The van der Waals surface area contributed by atoms with Crippen molar-refractivity contribution < 1.29 is 18.0 Å². The summed E-state index contributed by atoms with van der Waals surface area (Å²) in [5, 5.41) is 3.21. The molecule has 7 nitrogen and oxygen atoms in total. The van der Waals surface area contributed by atoms with Gasteiger partial charge in [-0.05, 0) is 63.1 Å².